The first kappa shape index (κ1) is 17.5. The molecule has 1 N–H and O–H groups in total. The number of carbonyl (C=O) groups excluding carboxylic acids is 1. The lowest BCUT2D eigenvalue weighted by atomic mass is 10.1. The van der Waals surface area contributed by atoms with Gasteiger partial charge in [0.15, 0.2) is 17.3 Å². The molecule has 3 rings (SSSR count). The van der Waals surface area contributed by atoms with Crippen LogP contribution in [0.3, 0.4) is 0 Å². The minimum atomic E-state index is -0.612. The van der Waals surface area contributed by atoms with E-state index >= 15 is 0 Å². The summed E-state index contributed by atoms with van der Waals surface area (Å²) in [6, 6.07) is 7.84. The molecule has 0 amide bonds. The van der Waals surface area contributed by atoms with Gasteiger partial charge in [-0.1, -0.05) is 26.2 Å². The van der Waals surface area contributed by atoms with Gasteiger partial charge in [-0.3, -0.25) is 4.79 Å². The monoisotopic (exact) mass is 342 g/mol. The fourth-order valence-electron chi connectivity index (χ4n) is 3.32. The number of ketones is 1. The van der Waals surface area contributed by atoms with Crippen molar-refractivity contribution in [2.24, 2.45) is 0 Å². The van der Waals surface area contributed by atoms with Crippen LogP contribution in [0, 0.1) is 5.82 Å². The highest BCUT2D eigenvalue weighted by atomic mass is 19.1. The number of benzene rings is 2. The molecule has 1 aliphatic carbocycles. The molecule has 1 aliphatic rings. The first-order chi connectivity index (χ1) is 12.0. The summed E-state index contributed by atoms with van der Waals surface area (Å²) in [5.74, 6) is -0.900. The average Bonchev–Trinajstić information content (AvgIpc) is 2.87. The standard InChI is InChI=1S/C21H23FO3/c1-3-4-5-6-7-13(2)25-18-11-10-16-15-9-8-14(23)12-17(15)21(24)19(16)20(18)22/h8-13,23H,3-7H2,1-2H3/t13-/m1/s1. The summed E-state index contributed by atoms with van der Waals surface area (Å²) in [6.45, 7) is 4.09. The molecule has 0 fully saturated rings. The zero-order chi connectivity index (χ0) is 18.0. The molecule has 0 aromatic heterocycles. The van der Waals surface area contributed by atoms with E-state index in [1.165, 1.54) is 25.0 Å². The van der Waals surface area contributed by atoms with E-state index in [0.29, 0.717) is 16.7 Å². The first-order valence-electron chi connectivity index (χ1n) is 8.90. The Labute approximate surface area is 147 Å². The SMILES string of the molecule is CCCCCC[C@@H](C)Oc1ccc2c(c1F)C(=O)c1cc(O)ccc1-2. The second-order valence-corrected chi connectivity index (χ2v) is 6.64. The molecule has 2 aromatic rings. The summed E-state index contributed by atoms with van der Waals surface area (Å²) in [6.07, 6.45) is 5.32. The molecule has 25 heavy (non-hydrogen) atoms. The van der Waals surface area contributed by atoms with Gasteiger partial charge in [0.1, 0.15) is 5.75 Å². The molecule has 0 radical (unpaired) electrons. The molecule has 2 aromatic carbocycles. The lowest BCUT2D eigenvalue weighted by molar-refractivity contribution is 0.103. The van der Waals surface area contributed by atoms with Crippen LogP contribution in [0.2, 0.25) is 0 Å². The van der Waals surface area contributed by atoms with Crippen LogP contribution in [0.15, 0.2) is 30.3 Å². The summed E-state index contributed by atoms with van der Waals surface area (Å²) < 4.78 is 20.6. The number of rotatable bonds is 7. The minimum Gasteiger partial charge on any atom is -0.508 e. The third-order valence-corrected chi connectivity index (χ3v) is 4.66. The van der Waals surface area contributed by atoms with Crippen LogP contribution in [-0.4, -0.2) is 17.0 Å². The average molecular weight is 342 g/mol. The minimum absolute atomic E-state index is 0.00232. The van der Waals surface area contributed by atoms with Crippen molar-refractivity contribution in [1.29, 1.82) is 0 Å². The highest BCUT2D eigenvalue weighted by Crippen LogP contribution is 2.41. The van der Waals surface area contributed by atoms with Crippen molar-refractivity contribution in [3.05, 3.63) is 47.3 Å². The van der Waals surface area contributed by atoms with Crippen molar-refractivity contribution in [2.75, 3.05) is 0 Å². The Bertz CT molecular complexity index is 798. The van der Waals surface area contributed by atoms with E-state index in [2.05, 4.69) is 6.92 Å². The summed E-state index contributed by atoms with van der Waals surface area (Å²) in [4.78, 5) is 12.5. The number of ether oxygens (including phenoxy) is 1. The lowest BCUT2D eigenvalue weighted by Crippen LogP contribution is -2.13. The van der Waals surface area contributed by atoms with Crippen molar-refractivity contribution in [1.82, 2.24) is 0 Å². The van der Waals surface area contributed by atoms with Gasteiger partial charge < -0.3 is 9.84 Å². The highest BCUT2D eigenvalue weighted by Gasteiger charge is 2.32. The summed E-state index contributed by atoms with van der Waals surface area (Å²) in [7, 11) is 0. The first-order valence-corrected chi connectivity index (χ1v) is 8.90. The Morgan fingerprint density at radius 2 is 1.84 bits per heavy atom. The Kier molecular flexibility index (Phi) is 5.07. The van der Waals surface area contributed by atoms with Crippen molar-refractivity contribution in [2.45, 2.75) is 52.1 Å². The van der Waals surface area contributed by atoms with Gasteiger partial charge in [0.05, 0.1) is 11.7 Å². The molecular weight excluding hydrogens is 319 g/mol. The molecule has 0 spiro atoms. The van der Waals surface area contributed by atoms with E-state index in [0.717, 1.165) is 19.3 Å². The van der Waals surface area contributed by atoms with Gasteiger partial charge in [0.25, 0.3) is 0 Å². The van der Waals surface area contributed by atoms with E-state index in [4.69, 9.17) is 4.74 Å². The lowest BCUT2D eigenvalue weighted by Gasteiger charge is -2.16. The van der Waals surface area contributed by atoms with Gasteiger partial charge in [-0.05, 0) is 61.2 Å². The Hall–Kier alpha value is -2.36. The zero-order valence-corrected chi connectivity index (χ0v) is 14.6. The number of carbonyl (C=O) groups is 1. The second kappa shape index (κ2) is 7.26. The number of halogens is 1. The van der Waals surface area contributed by atoms with Crippen molar-refractivity contribution in [3.63, 3.8) is 0 Å². The highest BCUT2D eigenvalue weighted by molar-refractivity contribution is 6.22. The number of phenols is 1. The smallest absolute Gasteiger partial charge is 0.197 e. The topological polar surface area (TPSA) is 46.5 Å². The maximum atomic E-state index is 14.9. The number of aromatic hydroxyl groups is 1. The predicted molar refractivity (Wildman–Crippen MR) is 95.8 cm³/mol. The van der Waals surface area contributed by atoms with Crippen LogP contribution in [-0.2, 0) is 0 Å². The predicted octanol–water partition coefficient (Wildman–Crippen LogP) is 5.48. The Morgan fingerprint density at radius 3 is 2.60 bits per heavy atom. The van der Waals surface area contributed by atoms with Gasteiger partial charge in [-0.15, -0.1) is 0 Å². The van der Waals surface area contributed by atoms with Gasteiger partial charge in [0, 0.05) is 5.56 Å². The Balaban J connectivity index is 1.80. The number of fused-ring (bicyclic) bond motifs is 3. The molecule has 132 valence electrons. The molecule has 4 heteroatoms. The maximum absolute atomic E-state index is 14.9. The zero-order valence-electron chi connectivity index (χ0n) is 14.6. The van der Waals surface area contributed by atoms with Crippen LogP contribution in [0.1, 0.15) is 61.9 Å². The normalized spacial score (nSPS) is 13.5. The number of phenolic OH excluding ortho intramolecular Hbond substituents is 1. The third-order valence-electron chi connectivity index (χ3n) is 4.66. The van der Waals surface area contributed by atoms with Crippen LogP contribution >= 0.6 is 0 Å². The van der Waals surface area contributed by atoms with Crippen LogP contribution < -0.4 is 4.74 Å². The van der Waals surface area contributed by atoms with Gasteiger partial charge in [-0.2, -0.15) is 0 Å². The maximum Gasteiger partial charge on any atom is 0.197 e. The van der Waals surface area contributed by atoms with Crippen molar-refractivity contribution >= 4 is 5.78 Å². The molecule has 0 saturated carbocycles. The number of hydrogen-bond acceptors (Lipinski definition) is 3. The van der Waals surface area contributed by atoms with Crippen LogP contribution in [0.4, 0.5) is 4.39 Å². The van der Waals surface area contributed by atoms with Gasteiger partial charge in [0.2, 0.25) is 0 Å². The van der Waals surface area contributed by atoms with Gasteiger partial charge in [-0.25, -0.2) is 4.39 Å². The van der Waals surface area contributed by atoms with Crippen LogP contribution in [0.25, 0.3) is 11.1 Å². The van der Waals surface area contributed by atoms with E-state index in [9.17, 15) is 14.3 Å². The number of unbranched alkanes of at least 4 members (excludes halogenated alkanes) is 3. The molecule has 0 heterocycles. The van der Waals surface area contributed by atoms with Crippen LogP contribution in [0.5, 0.6) is 11.5 Å². The molecule has 1 atom stereocenters. The van der Waals surface area contributed by atoms with E-state index in [-0.39, 0.29) is 23.2 Å². The largest absolute Gasteiger partial charge is 0.508 e. The number of hydrogen-bond donors (Lipinski definition) is 1. The fraction of sp³-hybridized carbons (Fsp3) is 0.381. The van der Waals surface area contributed by atoms with E-state index < -0.39 is 11.6 Å². The van der Waals surface area contributed by atoms with E-state index in [1.807, 2.05) is 6.92 Å². The molecule has 0 saturated heterocycles. The third kappa shape index (κ3) is 3.39. The van der Waals surface area contributed by atoms with Crippen molar-refractivity contribution < 1.29 is 19.0 Å². The Morgan fingerprint density at radius 1 is 1.08 bits per heavy atom. The van der Waals surface area contributed by atoms with Gasteiger partial charge >= 0.3 is 0 Å². The van der Waals surface area contributed by atoms with Crippen molar-refractivity contribution in [3.8, 4) is 22.6 Å². The van der Waals surface area contributed by atoms with E-state index in [1.54, 1.807) is 18.2 Å². The molecule has 0 unspecified atom stereocenters. The quantitative estimate of drug-likeness (QED) is 0.578. The fourth-order valence-corrected chi connectivity index (χ4v) is 3.32. The molecule has 0 bridgehead atoms. The second-order valence-electron chi connectivity index (χ2n) is 6.64. The molecule has 3 nitrogen and oxygen atoms in total. The summed E-state index contributed by atoms with van der Waals surface area (Å²) in [5, 5.41) is 9.59. The summed E-state index contributed by atoms with van der Waals surface area (Å²) in [5.41, 5.74) is 1.58. The molecular formula is C21H23FO3. The summed E-state index contributed by atoms with van der Waals surface area (Å²) >= 11 is 0. The molecule has 0 aliphatic heterocycles.